The minimum Gasteiger partial charge on any atom is -0.481 e. The highest BCUT2D eigenvalue weighted by Crippen LogP contribution is 2.27. The van der Waals surface area contributed by atoms with E-state index < -0.39 is 5.97 Å². The van der Waals surface area contributed by atoms with Gasteiger partial charge in [0, 0.05) is 6.04 Å². The lowest BCUT2D eigenvalue weighted by Gasteiger charge is -2.28. The third-order valence-electron chi connectivity index (χ3n) is 2.99. The van der Waals surface area contributed by atoms with Crippen LogP contribution in [0.5, 0.6) is 0 Å². The van der Waals surface area contributed by atoms with Gasteiger partial charge >= 0.3 is 5.97 Å². The van der Waals surface area contributed by atoms with Crippen LogP contribution >= 0.6 is 0 Å². The van der Waals surface area contributed by atoms with Gasteiger partial charge in [-0.3, -0.25) is 4.79 Å². The number of hydrogen-bond acceptors (Lipinski definition) is 2. The van der Waals surface area contributed by atoms with E-state index in [2.05, 4.69) is 4.90 Å². The number of nitrogens with zero attached hydrogens (tertiary/aromatic N) is 1. The molecule has 13 heavy (non-hydrogen) atoms. The summed E-state index contributed by atoms with van der Waals surface area (Å²) < 4.78 is 0. The summed E-state index contributed by atoms with van der Waals surface area (Å²) in [7, 11) is 2.02. The fourth-order valence-electron chi connectivity index (χ4n) is 2.28. The van der Waals surface area contributed by atoms with Gasteiger partial charge < -0.3 is 10.0 Å². The molecule has 2 unspecified atom stereocenters. The summed E-state index contributed by atoms with van der Waals surface area (Å²) in [4.78, 5) is 13.2. The molecule has 0 aliphatic carbocycles. The first-order chi connectivity index (χ1) is 6.04. The van der Waals surface area contributed by atoms with Crippen LogP contribution in [-0.4, -0.2) is 35.6 Å². The average molecular weight is 185 g/mol. The first kappa shape index (κ1) is 10.5. The van der Waals surface area contributed by atoms with Crippen LogP contribution < -0.4 is 0 Å². The van der Waals surface area contributed by atoms with Crippen molar-refractivity contribution < 1.29 is 9.90 Å². The Kier molecular flexibility index (Phi) is 3.31. The van der Waals surface area contributed by atoms with E-state index in [0.717, 1.165) is 19.4 Å². The van der Waals surface area contributed by atoms with Crippen LogP contribution in [0, 0.1) is 11.8 Å². The number of likely N-dealkylation sites (tertiary alicyclic amines) is 1. The van der Waals surface area contributed by atoms with Crippen molar-refractivity contribution in [3.05, 3.63) is 0 Å². The Hall–Kier alpha value is -0.570. The van der Waals surface area contributed by atoms with Gasteiger partial charge in [0.1, 0.15) is 0 Å². The molecule has 0 aromatic heterocycles. The van der Waals surface area contributed by atoms with E-state index in [-0.39, 0.29) is 17.9 Å². The lowest BCUT2D eigenvalue weighted by molar-refractivity contribution is -0.145. The predicted molar refractivity (Wildman–Crippen MR) is 51.6 cm³/mol. The molecule has 1 fully saturated rings. The van der Waals surface area contributed by atoms with Crippen LogP contribution in [0.1, 0.15) is 26.7 Å². The Bertz CT molecular complexity index is 191. The number of hydrogen-bond donors (Lipinski definition) is 1. The minimum atomic E-state index is -0.645. The molecule has 0 aromatic carbocycles. The van der Waals surface area contributed by atoms with Crippen molar-refractivity contribution in [3.63, 3.8) is 0 Å². The summed E-state index contributed by atoms with van der Waals surface area (Å²) >= 11 is 0. The average Bonchev–Trinajstić information content (AvgIpc) is 2.35. The zero-order valence-corrected chi connectivity index (χ0v) is 8.66. The Balaban J connectivity index is 2.69. The normalized spacial score (nSPS) is 26.6. The molecule has 3 nitrogen and oxygen atoms in total. The van der Waals surface area contributed by atoms with Crippen molar-refractivity contribution in [1.82, 2.24) is 4.90 Å². The van der Waals surface area contributed by atoms with Crippen molar-refractivity contribution in [1.29, 1.82) is 0 Å². The lowest BCUT2D eigenvalue weighted by atomic mass is 9.87. The molecule has 1 saturated heterocycles. The van der Waals surface area contributed by atoms with Crippen molar-refractivity contribution in [2.45, 2.75) is 32.7 Å². The van der Waals surface area contributed by atoms with E-state index in [1.165, 1.54) is 0 Å². The van der Waals surface area contributed by atoms with Gasteiger partial charge in [0.25, 0.3) is 0 Å². The molecular weight excluding hydrogens is 166 g/mol. The zero-order valence-electron chi connectivity index (χ0n) is 8.66. The van der Waals surface area contributed by atoms with Gasteiger partial charge in [0.2, 0.25) is 0 Å². The maximum Gasteiger partial charge on any atom is 0.308 e. The Morgan fingerprint density at radius 2 is 2.15 bits per heavy atom. The largest absolute Gasteiger partial charge is 0.481 e. The molecule has 1 rings (SSSR count). The summed E-state index contributed by atoms with van der Waals surface area (Å²) in [5, 5.41) is 9.10. The van der Waals surface area contributed by atoms with Gasteiger partial charge in [-0.25, -0.2) is 0 Å². The molecule has 0 saturated carbocycles. The van der Waals surface area contributed by atoms with Gasteiger partial charge in [0.05, 0.1) is 5.92 Å². The second-order valence-corrected chi connectivity index (χ2v) is 4.30. The smallest absolute Gasteiger partial charge is 0.308 e. The van der Waals surface area contributed by atoms with E-state index in [0.29, 0.717) is 0 Å². The Morgan fingerprint density at radius 1 is 1.54 bits per heavy atom. The monoisotopic (exact) mass is 185 g/mol. The van der Waals surface area contributed by atoms with Crippen molar-refractivity contribution >= 4 is 5.97 Å². The molecule has 76 valence electrons. The van der Waals surface area contributed by atoms with E-state index in [1.807, 2.05) is 20.9 Å². The molecule has 0 amide bonds. The van der Waals surface area contributed by atoms with Crippen LogP contribution in [-0.2, 0) is 4.79 Å². The molecule has 1 aliphatic rings. The Morgan fingerprint density at radius 3 is 2.46 bits per heavy atom. The van der Waals surface area contributed by atoms with Gasteiger partial charge in [-0.05, 0) is 32.4 Å². The van der Waals surface area contributed by atoms with E-state index >= 15 is 0 Å². The van der Waals surface area contributed by atoms with E-state index in [1.54, 1.807) is 0 Å². The van der Waals surface area contributed by atoms with Gasteiger partial charge in [-0.15, -0.1) is 0 Å². The topological polar surface area (TPSA) is 40.5 Å². The molecule has 0 bridgehead atoms. The number of carboxylic acids is 1. The highest BCUT2D eigenvalue weighted by molar-refractivity contribution is 5.71. The maximum absolute atomic E-state index is 11.0. The maximum atomic E-state index is 11.0. The molecule has 0 spiro atoms. The van der Waals surface area contributed by atoms with Crippen LogP contribution in [0.25, 0.3) is 0 Å². The Labute approximate surface area is 79.7 Å². The minimum absolute atomic E-state index is 0.201. The third-order valence-corrected chi connectivity index (χ3v) is 2.99. The predicted octanol–water partition coefficient (Wildman–Crippen LogP) is 1.44. The highest BCUT2D eigenvalue weighted by Gasteiger charge is 2.35. The molecule has 1 heterocycles. The van der Waals surface area contributed by atoms with E-state index in [9.17, 15) is 4.79 Å². The van der Waals surface area contributed by atoms with Crippen LogP contribution in [0.4, 0.5) is 0 Å². The quantitative estimate of drug-likeness (QED) is 0.723. The van der Waals surface area contributed by atoms with Gasteiger partial charge in [-0.2, -0.15) is 0 Å². The number of rotatable bonds is 3. The first-order valence-corrected chi connectivity index (χ1v) is 4.97. The van der Waals surface area contributed by atoms with Crippen LogP contribution in [0.2, 0.25) is 0 Å². The molecule has 0 radical (unpaired) electrons. The van der Waals surface area contributed by atoms with E-state index in [4.69, 9.17) is 5.11 Å². The standard InChI is InChI=1S/C10H19NO2/c1-7(2)9(10(12)13)8-5-4-6-11(8)3/h7-9H,4-6H2,1-3H3,(H,12,13). The molecule has 3 heteroatoms. The van der Waals surface area contributed by atoms with Crippen molar-refractivity contribution in [2.24, 2.45) is 11.8 Å². The second-order valence-electron chi connectivity index (χ2n) is 4.30. The molecule has 1 N–H and O–H groups in total. The highest BCUT2D eigenvalue weighted by atomic mass is 16.4. The van der Waals surface area contributed by atoms with Gasteiger partial charge in [0.15, 0.2) is 0 Å². The summed E-state index contributed by atoms with van der Waals surface area (Å²) in [6, 6.07) is 0.248. The molecule has 1 aliphatic heterocycles. The number of carboxylic acid groups (broad SMARTS) is 1. The second kappa shape index (κ2) is 4.09. The van der Waals surface area contributed by atoms with Crippen LogP contribution in [0.15, 0.2) is 0 Å². The molecular formula is C10H19NO2. The van der Waals surface area contributed by atoms with Crippen LogP contribution in [0.3, 0.4) is 0 Å². The summed E-state index contributed by atoms with van der Waals surface area (Å²) in [6.07, 6.45) is 2.17. The number of carbonyl (C=O) groups is 1. The third kappa shape index (κ3) is 2.21. The van der Waals surface area contributed by atoms with Crippen molar-refractivity contribution in [3.8, 4) is 0 Å². The lowest BCUT2D eigenvalue weighted by Crippen LogP contribution is -2.39. The summed E-state index contributed by atoms with van der Waals surface area (Å²) in [5.41, 5.74) is 0. The zero-order chi connectivity index (χ0) is 10.0. The van der Waals surface area contributed by atoms with Crippen molar-refractivity contribution in [2.75, 3.05) is 13.6 Å². The summed E-state index contributed by atoms with van der Waals surface area (Å²) in [6.45, 7) is 5.02. The molecule has 0 aromatic rings. The first-order valence-electron chi connectivity index (χ1n) is 4.97. The van der Waals surface area contributed by atoms with Gasteiger partial charge in [-0.1, -0.05) is 13.8 Å². The summed E-state index contributed by atoms with van der Waals surface area (Å²) in [5.74, 6) is -0.621. The fourth-order valence-corrected chi connectivity index (χ4v) is 2.28. The SMILES string of the molecule is CC(C)C(C(=O)O)C1CCCN1C. The fraction of sp³-hybridized carbons (Fsp3) is 0.900. The molecule has 2 atom stereocenters. The number of aliphatic carboxylic acids is 1.